The van der Waals surface area contributed by atoms with Gasteiger partial charge in [-0.1, -0.05) is 60.7 Å². The number of nitrogens with one attached hydrogen (secondary N) is 1. The number of amides is 1. The molecular formula is C33H35F3N4O. The number of piperidine rings is 1. The van der Waals surface area contributed by atoms with E-state index >= 15 is 0 Å². The standard InChI is InChI=1S/C33H35F3N4O/c1-22(23-10-5-4-6-11-23)37-32(41)30-27-14-7-8-15-29(27)38-31(24-12-9-13-25(20-24)33(34,35)36)28(30)21-40-18-16-26(17-19-40)39(2)3/h4-15,20,22,26H,16-19,21H2,1-3H3,(H,37,41)/t22-/m0/s1. The molecule has 8 heteroatoms. The van der Waals surface area contributed by atoms with E-state index in [1.165, 1.54) is 6.07 Å². The minimum absolute atomic E-state index is 0.267. The molecule has 214 valence electrons. The fourth-order valence-electron chi connectivity index (χ4n) is 5.66. The maximum absolute atomic E-state index is 14.1. The Kier molecular flexibility index (Phi) is 8.42. The van der Waals surface area contributed by atoms with E-state index in [1.54, 1.807) is 12.1 Å². The van der Waals surface area contributed by atoms with Crippen LogP contribution in [0, 0.1) is 0 Å². The quantitative estimate of drug-likeness (QED) is 0.266. The first-order valence-corrected chi connectivity index (χ1v) is 14.0. The Morgan fingerprint density at radius 1 is 1.00 bits per heavy atom. The lowest BCUT2D eigenvalue weighted by atomic mass is 9.93. The molecule has 1 saturated heterocycles. The van der Waals surface area contributed by atoms with E-state index in [-0.39, 0.29) is 11.9 Å². The lowest BCUT2D eigenvalue weighted by Gasteiger charge is -2.35. The van der Waals surface area contributed by atoms with Crippen molar-refractivity contribution in [2.24, 2.45) is 0 Å². The summed E-state index contributed by atoms with van der Waals surface area (Å²) in [6, 6.07) is 22.5. The number of likely N-dealkylation sites (tertiary alicyclic amines) is 1. The molecule has 2 heterocycles. The highest BCUT2D eigenvalue weighted by atomic mass is 19.4. The summed E-state index contributed by atoms with van der Waals surface area (Å²) in [6.07, 6.45) is -2.55. The maximum Gasteiger partial charge on any atom is 0.416 e. The number of alkyl halides is 3. The molecule has 0 spiro atoms. The Morgan fingerprint density at radius 3 is 2.37 bits per heavy atom. The zero-order valence-corrected chi connectivity index (χ0v) is 23.6. The highest BCUT2D eigenvalue weighted by Crippen LogP contribution is 2.36. The Labute approximate surface area is 239 Å². The molecule has 5 rings (SSSR count). The van der Waals surface area contributed by atoms with Gasteiger partial charge >= 0.3 is 6.18 Å². The number of carbonyl (C=O) groups is 1. The average molecular weight is 561 g/mol. The smallest absolute Gasteiger partial charge is 0.345 e. The SMILES string of the molecule is C[C@H](NC(=O)c1c(CN2CCC(N(C)C)CC2)c(-c2cccc(C(F)(F)F)c2)nc2ccccc12)c1ccccc1. The summed E-state index contributed by atoms with van der Waals surface area (Å²) >= 11 is 0. The summed E-state index contributed by atoms with van der Waals surface area (Å²) in [4.78, 5) is 23.5. The van der Waals surface area contributed by atoms with Crippen molar-refractivity contribution < 1.29 is 18.0 Å². The van der Waals surface area contributed by atoms with E-state index in [9.17, 15) is 18.0 Å². The molecule has 1 aliphatic rings. The molecule has 0 saturated carbocycles. The minimum atomic E-state index is -4.49. The summed E-state index contributed by atoms with van der Waals surface area (Å²) in [6.45, 7) is 3.97. The molecule has 0 radical (unpaired) electrons. The van der Waals surface area contributed by atoms with E-state index in [0.717, 1.165) is 43.6 Å². The van der Waals surface area contributed by atoms with E-state index in [1.807, 2.05) is 55.5 Å². The minimum Gasteiger partial charge on any atom is -0.345 e. The van der Waals surface area contributed by atoms with Gasteiger partial charge in [-0.2, -0.15) is 13.2 Å². The third-order valence-corrected chi connectivity index (χ3v) is 8.00. The number of carbonyl (C=O) groups excluding carboxylic acids is 1. The Balaban J connectivity index is 1.64. The number of nitrogens with zero attached hydrogens (tertiary/aromatic N) is 3. The zero-order valence-electron chi connectivity index (χ0n) is 23.6. The molecule has 5 nitrogen and oxygen atoms in total. The molecule has 3 aromatic carbocycles. The van der Waals surface area contributed by atoms with Gasteiger partial charge in [-0.15, -0.1) is 0 Å². The molecule has 4 aromatic rings. The summed E-state index contributed by atoms with van der Waals surface area (Å²) in [5.74, 6) is -0.272. The van der Waals surface area contributed by atoms with Gasteiger partial charge < -0.3 is 10.2 Å². The van der Waals surface area contributed by atoms with Gasteiger partial charge in [-0.25, -0.2) is 4.98 Å². The van der Waals surface area contributed by atoms with E-state index < -0.39 is 11.7 Å². The van der Waals surface area contributed by atoms with Crippen LogP contribution in [0.15, 0.2) is 78.9 Å². The zero-order chi connectivity index (χ0) is 29.1. The van der Waals surface area contributed by atoms with Crippen molar-refractivity contribution in [2.45, 2.75) is 44.6 Å². The second kappa shape index (κ2) is 12.0. The lowest BCUT2D eigenvalue weighted by molar-refractivity contribution is -0.137. The number of para-hydroxylation sites is 1. The van der Waals surface area contributed by atoms with Gasteiger partial charge in [0.15, 0.2) is 0 Å². The van der Waals surface area contributed by atoms with Crippen LogP contribution in [0.2, 0.25) is 0 Å². The lowest BCUT2D eigenvalue weighted by Crippen LogP contribution is -2.42. The first-order valence-electron chi connectivity index (χ1n) is 14.0. The van der Waals surface area contributed by atoms with E-state index in [0.29, 0.717) is 45.9 Å². The van der Waals surface area contributed by atoms with Gasteiger partial charge in [-0.3, -0.25) is 9.69 Å². The highest BCUT2D eigenvalue weighted by Gasteiger charge is 2.32. The van der Waals surface area contributed by atoms with Crippen LogP contribution >= 0.6 is 0 Å². The van der Waals surface area contributed by atoms with Crippen LogP contribution in [0.1, 0.15) is 52.9 Å². The van der Waals surface area contributed by atoms with Crippen LogP contribution in [0.25, 0.3) is 22.2 Å². The Bertz CT molecular complexity index is 1510. The second-order valence-electron chi connectivity index (χ2n) is 11.0. The Hall–Kier alpha value is -3.75. The number of fused-ring (bicyclic) bond motifs is 1. The van der Waals surface area contributed by atoms with Crippen molar-refractivity contribution in [3.8, 4) is 11.3 Å². The number of benzene rings is 3. The number of hydrogen-bond donors (Lipinski definition) is 1. The average Bonchev–Trinajstić information content (AvgIpc) is 2.97. The number of aromatic nitrogens is 1. The van der Waals surface area contributed by atoms with Gasteiger partial charge in [0.25, 0.3) is 5.91 Å². The van der Waals surface area contributed by atoms with Crippen LogP contribution < -0.4 is 5.32 Å². The van der Waals surface area contributed by atoms with Gasteiger partial charge in [0, 0.05) is 29.1 Å². The van der Waals surface area contributed by atoms with Crippen molar-refractivity contribution >= 4 is 16.8 Å². The molecule has 1 fully saturated rings. The molecule has 0 unspecified atom stereocenters. The molecule has 1 aromatic heterocycles. The summed E-state index contributed by atoms with van der Waals surface area (Å²) < 4.78 is 41.2. The summed E-state index contributed by atoms with van der Waals surface area (Å²) in [5, 5.41) is 3.83. The van der Waals surface area contributed by atoms with Gasteiger partial charge in [0.2, 0.25) is 0 Å². The summed E-state index contributed by atoms with van der Waals surface area (Å²) in [7, 11) is 4.16. The van der Waals surface area contributed by atoms with Gasteiger partial charge in [-0.05, 0) is 70.7 Å². The molecular weight excluding hydrogens is 525 g/mol. The van der Waals surface area contributed by atoms with E-state index in [4.69, 9.17) is 4.98 Å². The van der Waals surface area contributed by atoms with Crippen molar-refractivity contribution in [2.75, 3.05) is 27.2 Å². The molecule has 1 aliphatic heterocycles. The normalized spacial score (nSPS) is 15.8. The number of halogens is 3. The van der Waals surface area contributed by atoms with Crippen LogP contribution in [-0.2, 0) is 12.7 Å². The first-order chi connectivity index (χ1) is 19.6. The third kappa shape index (κ3) is 6.44. The van der Waals surface area contributed by atoms with Crippen molar-refractivity contribution in [3.63, 3.8) is 0 Å². The fraction of sp³-hybridized carbons (Fsp3) is 0.333. The van der Waals surface area contributed by atoms with Crippen LogP contribution in [-0.4, -0.2) is 53.9 Å². The number of rotatable bonds is 7. The molecule has 0 aliphatic carbocycles. The monoisotopic (exact) mass is 560 g/mol. The largest absolute Gasteiger partial charge is 0.416 e. The molecule has 1 atom stereocenters. The molecule has 0 bridgehead atoms. The maximum atomic E-state index is 14.1. The Morgan fingerprint density at radius 2 is 1.68 bits per heavy atom. The number of hydrogen-bond acceptors (Lipinski definition) is 4. The first kappa shape index (κ1) is 28.8. The second-order valence-corrected chi connectivity index (χ2v) is 11.0. The van der Waals surface area contributed by atoms with Gasteiger partial charge in [0.05, 0.1) is 28.4 Å². The van der Waals surface area contributed by atoms with Crippen molar-refractivity contribution in [3.05, 3.63) is 101 Å². The van der Waals surface area contributed by atoms with Crippen molar-refractivity contribution in [1.29, 1.82) is 0 Å². The molecule has 1 N–H and O–H groups in total. The fourth-order valence-corrected chi connectivity index (χ4v) is 5.66. The van der Waals surface area contributed by atoms with Crippen LogP contribution in [0.3, 0.4) is 0 Å². The summed E-state index contributed by atoms with van der Waals surface area (Å²) in [5.41, 5.74) is 2.63. The van der Waals surface area contributed by atoms with Crippen LogP contribution in [0.4, 0.5) is 13.2 Å². The number of pyridine rings is 1. The highest BCUT2D eigenvalue weighted by molar-refractivity contribution is 6.09. The van der Waals surface area contributed by atoms with Crippen LogP contribution in [0.5, 0.6) is 0 Å². The predicted molar refractivity (Wildman–Crippen MR) is 156 cm³/mol. The molecule has 41 heavy (non-hydrogen) atoms. The molecule has 1 amide bonds. The topological polar surface area (TPSA) is 48.5 Å². The van der Waals surface area contributed by atoms with Crippen molar-refractivity contribution in [1.82, 2.24) is 20.1 Å². The third-order valence-electron chi connectivity index (χ3n) is 8.00. The van der Waals surface area contributed by atoms with E-state index in [2.05, 4.69) is 29.2 Å². The van der Waals surface area contributed by atoms with Gasteiger partial charge in [0.1, 0.15) is 0 Å². The predicted octanol–water partition coefficient (Wildman–Crippen LogP) is 6.94.